The van der Waals surface area contributed by atoms with Gasteiger partial charge in [-0.3, -0.25) is 0 Å². The minimum atomic E-state index is -0.192. The van der Waals surface area contributed by atoms with Crippen LogP contribution in [0.1, 0.15) is 31.7 Å². The molecule has 1 saturated heterocycles. The van der Waals surface area contributed by atoms with Crippen molar-refractivity contribution >= 4 is 11.0 Å². The number of fused-ring (bicyclic) bond motifs is 1. The first kappa shape index (κ1) is 12.6. The van der Waals surface area contributed by atoms with Gasteiger partial charge in [-0.05, 0) is 44.9 Å². The Morgan fingerprint density at radius 2 is 2.16 bits per heavy atom. The van der Waals surface area contributed by atoms with Crippen LogP contribution in [0.15, 0.2) is 18.2 Å². The molecule has 1 aliphatic heterocycles. The molecule has 102 valence electrons. The summed E-state index contributed by atoms with van der Waals surface area (Å²) in [6.07, 6.45) is 0.929. The van der Waals surface area contributed by atoms with Crippen LogP contribution in [0.25, 0.3) is 11.0 Å². The first-order valence-electron chi connectivity index (χ1n) is 6.72. The van der Waals surface area contributed by atoms with E-state index in [9.17, 15) is 0 Å². The minimum Gasteiger partial charge on any atom is -0.379 e. The van der Waals surface area contributed by atoms with E-state index in [-0.39, 0.29) is 11.0 Å². The Morgan fingerprint density at radius 3 is 2.74 bits per heavy atom. The van der Waals surface area contributed by atoms with E-state index in [4.69, 9.17) is 10.5 Å². The molecule has 0 amide bonds. The molecular formula is C15H21N3O. The lowest BCUT2D eigenvalue weighted by molar-refractivity contribution is -0.0718. The molecule has 0 radical (unpaired) electrons. The maximum atomic E-state index is 6.21. The molecule has 0 aliphatic carbocycles. The Hall–Kier alpha value is -1.39. The number of imidazole rings is 1. The molecule has 0 atom stereocenters. The SMILES string of the molecule is Cc1nc2ccc(C3(CC(C)(C)N)COC3)cc2[nH]1. The molecule has 1 aliphatic rings. The van der Waals surface area contributed by atoms with E-state index < -0.39 is 0 Å². The Kier molecular flexibility index (Phi) is 2.69. The van der Waals surface area contributed by atoms with E-state index in [0.29, 0.717) is 0 Å². The number of ether oxygens (including phenoxy) is 1. The molecule has 4 heteroatoms. The van der Waals surface area contributed by atoms with Gasteiger partial charge in [0.2, 0.25) is 0 Å². The zero-order chi connectivity index (χ0) is 13.7. The summed E-state index contributed by atoms with van der Waals surface area (Å²) in [4.78, 5) is 7.74. The van der Waals surface area contributed by atoms with Crippen LogP contribution in [0.4, 0.5) is 0 Å². The van der Waals surface area contributed by atoms with Crippen molar-refractivity contribution in [3.63, 3.8) is 0 Å². The van der Waals surface area contributed by atoms with E-state index in [2.05, 4.69) is 42.0 Å². The molecule has 1 aromatic heterocycles. The highest BCUT2D eigenvalue weighted by molar-refractivity contribution is 5.76. The van der Waals surface area contributed by atoms with Crippen molar-refractivity contribution in [3.05, 3.63) is 29.6 Å². The number of aryl methyl sites for hydroxylation is 1. The fourth-order valence-electron chi connectivity index (χ4n) is 3.06. The number of H-pyrrole nitrogens is 1. The van der Waals surface area contributed by atoms with Crippen LogP contribution in [0.5, 0.6) is 0 Å². The zero-order valence-corrected chi connectivity index (χ0v) is 11.8. The summed E-state index contributed by atoms with van der Waals surface area (Å²) in [6, 6.07) is 6.44. The lowest BCUT2D eigenvalue weighted by Crippen LogP contribution is -2.53. The Bertz CT molecular complexity index is 605. The zero-order valence-electron chi connectivity index (χ0n) is 11.8. The molecule has 2 heterocycles. The fourth-order valence-corrected chi connectivity index (χ4v) is 3.06. The van der Waals surface area contributed by atoms with Gasteiger partial charge >= 0.3 is 0 Å². The summed E-state index contributed by atoms with van der Waals surface area (Å²) in [5, 5.41) is 0. The quantitative estimate of drug-likeness (QED) is 0.888. The lowest BCUT2D eigenvalue weighted by atomic mass is 9.71. The third-order valence-electron chi connectivity index (χ3n) is 3.76. The van der Waals surface area contributed by atoms with Crippen molar-refractivity contribution in [2.24, 2.45) is 5.73 Å². The van der Waals surface area contributed by atoms with E-state index >= 15 is 0 Å². The van der Waals surface area contributed by atoms with Crippen LogP contribution < -0.4 is 5.73 Å². The van der Waals surface area contributed by atoms with Crippen molar-refractivity contribution in [1.29, 1.82) is 0 Å². The number of nitrogens with zero attached hydrogens (tertiary/aromatic N) is 1. The molecule has 3 N–H and O–H groups in total. The topological polar surface area (TPSA) is 63.9 Å². The second kappa shape index (κ2) is 4.05. The van der Waals surface area contributed by atoms with E-state index in [1.807, 2.05) is 6.92 Å². The van der Waals surface area contributed by atoms with Gasteiger partial charge in [0, 0.05) is 11.0 Å². The smallest absolute Gasteiger partial charge is 0.104 e. The first-order valence-corrected chi connectivity index (χ1v) is 6.72. The number of rotatable bonds is 3. The van der Waals surface area contributed by atoms with Crippen molar-refractivity contribution in [3.8, 4) is 0 Å². The summed E-state index contributed by atoms with van der Waals surface area (Å²) in [5.41, 5.74) is 9.49. The lowest BCUT2D eigenvalue weighted by Gasteiger charge is -2.45. The molecule has 4 nitrogen and oxygen atoms in total. The summed E-state index contributed by atoms with van der Waals surface area (Å²) >= 11 is 0. The predicted octanol–water partition coefficient (Wildman–Crippen LogP) is 2.27. The van der Waals surface area contributed by atoms with Gasteiger partial charge in [0.1, 0.15) is 5.82 Å². The third kappa shape index (κ3) is 2.26. The van der Waals surface area contributed by atoms with Crippen LogP contribution in [0.3, 0.4) is 0 Å². The first-order chi connectivity index (χ1) is 8.88. The maximum Gasteiger partial charge on any atom is 0.104 e. The van der Waals surface area contributed by atoms with Gasteiger partial charge in [0.05, 0.1) is 24.2 Å². The van der Waals surface area contributed by atoms with Gasteiger partial charge in [-0.15, -0.1) is 0 Å². The molecule has 1 fully saturated rings. The fraction of sp³-hybridized carbons (Fsp3) is 0.533. The van der Waals surface area contributed by atoms with Crippen LogP contribution in [0.2, 0.25) is 0 Å². The van der Waals surface area contributed by atoms with Gasteiger partial charge in [0.15, 0.2) is 0 Å². The molecule has 0 bridgehead atoms. The standard InChI is InChI=1S/C15H21N3O/c1-10-17-12-5-4-11(6-13(12)18-10)15(8-19-9-15)7-14(2,3)16/h4-6H,7-9,16H2,1-3H3,(H,17,18). The van der Waals surface area contributed by atoms with E-state index in [1.165, 1.54) is 5.56 Å². The third-order valence-corrected chi connectivity index (χ3v) is 3.76. The van der Waals surface area contributed by atoms with Crippen molar-refractivity contribution < 1.29 is 4.74 Å². The molecule has 19 heavy (non-hydrogen) atoms. The maximum absolute atomic E-state index is 6.21. The van der Waals surface area contributed by atoms with Crippen molar-refractivity contribution in [2.45, 2.75) is 38.1 Å². The number of nitrogens with two attached hydrogens (primary N) is 1. The van der Waals surface area contributed by atoms with Gasteiger partial charge in [0.25, 0.3) is 0 Å². The van der Waals surface area contributed by atoms with Crippen LogP contribution >= 0.6 is 0 Å². The van der Waals surface area contributed by atoms with E-state index in [0.717, 1.165) is 36.5 Å². The Labute approximate surface area is 113 Å². The van der Waals surface area contributed by atoms with E-state index in [1.54, 1.807) is 0 Å². The predicted molar refractivity (Wildman–Crippen MR) is 76.2 cm³/mol. The number of hydrogen-bond acceptors (Lipinski definition) is 3. The minimum absolute atomic E-state index is 0.0610. The number of aromatic nitrogens is 2. The largest absolute Gasteiger partial charge is 0.379 e. The number of aromatic amines is 1. The average Bonchev–Trinajstić information content (AvgIpc) is 2.61. The Balaban J connectivity index is 2.01. The highest BCUT2D eigenvalue weighted by Gasteiger charge is 2.43. The molecule has 1 aromatic carbocycles. The summed E-state index contributed by atoms with van der Waals surface area (Å²) in [5.74, 6) is 0.949. The van der Waals surface area contributed by atoms with Crippen LogP contribution in [-0.4, -0.2) is 28.7 Å². The molecule has 0 spiro atoms. The summed E-state index contributed by atoms with van der Waals surface area (Å²) < 4.78 is 5.47. The molecule has 2 aromatic rings. The average molecular weight is 259 g/mol. The number of benzene rings is 1. The second-order valence-corrected chi connectivity index (χ2v) is 6.49. The highest BCUT2D eigenvalue weighted by atomic mass is 16.5. The normalized spacial score (nSPS) is 18.5. The van der Waals surface area contributed by atoms with Gasteiger partial charge < -0.3 is 15.5 Å². The second-order valence-electron chi connectivity index (χ2n) is 6.49. The van der Waals surface area contributed by atoms with Gasteiger partial charge in [-0.25, -0.2) is 4.98 Å². The molecule has 3 rings (SSSR count). The number of hydrogen-bond donors (Lipinski definition) is 2. The van der Waals surface area contributed by atoms with Crippen molar-refractivity contribution in [1.82, 2.24) is 9.97 Å². The number of nitrogens with one attached hydrogen (secondary N) is 1. The molecule has 0 saturated carbocycles. The van der Waals surface area contributed by atoms with Crippen LogP contribution in [0, 0.1) is 6.92 Å². The Morgan fingerprint density at radius 1 is 1.42 bits per heavy atom. The van der Waals surface area contributed by atoms with Crippen molar-refractivity contribution in [2.75, 3.05) is 13.2 Å². The van der Waals surface area contributed by atoms with Gasteiger partial charge in [-0.1, -0.05) is 6.07 Å². The van der Waals surface area contributed by atoms with Crippen LogP contribution in [-0.2, 0) is 10.2 Å². The highest BCUT2D eigenvalue weighted by Crippen LogP contribution is 2.39. The summed E-state index contributed by atoms with van der Waals surface area (Å²) in [6.45, 7) is 7.64. The molecular weight excluding hydrogens is 238 g/mol. The van der Waals surface area contributed by atoms with Gasteiger partial charge in [-0.2, -0.15) is 0 Å². The monoisotopic (exact) mass is 259 g/mol. The molecule has 0 unspecified atom stereocenters. The summed E-state index contributed by atoms with van der Waals surface area (Å²) in [7, 11) is 0.